The molecule has 1 aromatic rings. The van der Waals surface area contributed by atoms with Crippen LogP contribution in [0.2, 0.25) is 0 Å². The Balaban J connectivity index is 2.55. The number of aliphatic hydroxyl groups excluding tert-OH is 1. The molecule has 4 nitrogen and oxygen atoms in total. The molecular formula is C14H20F2N2O2. The molecule has 0 aliphatic heterocycles. The van der Waals surface area contributed by atoms with E-state index in [0.717, 1.165) is 25.2 Å². The van der Waals surface area contributed by atoms with Gasteiger partial charge in [0.1, 0.15) is 17.7 Å². The summed E-state index contributed by atoms with van der Waals surface area (Å²) in [6.45, 7) is 5.29. The van der Waals surface area contributed by atoms with E-state index in [1.807, 2.05) is 18.7 Å². The summed E-state index contributed by atoms with van der Waals surface area (Å²) in [5.74, 6) is -1.93. The van der Waals surface area contributed by atoms with Gasteiger partial charge in [-0.1, -0.05) is 19.9 Å². The average molecular weight is 286 g/mol. The highest BCUT2D eigenvalue weighted by Crippen LogP contribution is 2.19. The number of rotatable bonds is 7. The van der Waals surface area contributed by atoms with E-state index in [9.17, 15) is 18.7 Å². The molecule has 0 aromatic heterocycles. The number of hydrogen-bond donors (Lipinski definition) is 2. The first kappa shape index (κ1) is 16.5. The third-order valence-electron chi connectivity index (χ3n) is 3.09. The van der Waals surface area contributed by atoms with Gasteiger partial charge in [-0.3, -0.25) is 9.69 Å². The predicted molar refractivity (Wildman–Crippen MR) is 72.1 cm³/mol. The van der Waals surface area contributed by atoms with Crippen LogP contribution in [0.1, 0.15) is 25.5 Å². The number of carbonyl (C=O) groups is 1. The number of nitrogens with zero attached hydrogens (tertiary/aromatic N) is 1. The molecule has 112 valence electrons. The van der Waals surface area contributed by atoms with Crippen LogP contribution in [0.5, 0.6) is 0 Å². The van der Waals surface area contributed by atoms with Gasteiger partial charge in [0.05, 0.1) is 12.1 Å². The molecule has 0 bridgehead atoms. The van der Waals surface area contributed by atoms with Crippen molar-refractivity contribution in [2.75, 3.05) is 26.2 Å². The fraction of sp³-hybridized carbons (Fsp3) is 0.500. The normalized spacial score (nSPS) is 12.5. The molecule has 1 rings (SSSR count). The molecule has 0 saturated heterocycles. The standard InChI is InChI=1S/C14H20F2N2O2/c1-3-18(4-2)9-13(20)17-8-12(19)14-10(15)6-5-7-11(14)16/h5-7,12,19H,3-4,8-9H2,1-2H3,(H,17,20)/t12-/m1/s1. The summed E-state index contributed by atoms with van der Waals surface area (Å²) in [7, 11) is 0. The Morgan fingerprint density at radius 1 is 1.30 bits per heavy atom. The lowest BCUT2D eigenvalue weighted by Crippen LogP contribution is -2.38. The summed E-state index contributed by atoms with van der Waals surface area (Å²) < 4.78 is 26.8. The van der Waals surface area contributed by atoms with Gasteiger partial charge >= 0.3 is 0 Å². The number of carbonyl (C=O) groups excluding carboxylic acids is 1. The summed E-state index contributed by atoms with van der Waals surface area (Å²) in [5, 5.41) is 12.2. The second kappa shape index (κ2) is 7.91. The molecule has 0 radical (unpaired) electrons. The van der Waals surface area contributed by atoms with Gasteiger partial charge < -0.3 is 10.4 Å². The van der Waals surface area contributed by atoms with Gasteiger partial charge in [0.2, 0.25) is 5.91 Å². The van der Waals surface area contributed by atoms with E-state index >= 15 is 0 Å². The van der Waals surface area contributed by atoms with Crippen LogP contribution in [0.15, 0.2) is 18.2 Å². The van der Waals surface area contributed by atoms with Crippen molar-refractivity contribution in [3.05, 3.63) is 35.4 Å². The number of aliphatic hydroxyl groups is 1. The number of nitrogens with one attached hydrogen (secondary N) is 1. The van der Waals surface area contributed by atoms with Crippen molar-refractivity contribution >= 4 is 5.91 Å². The first-order valence-electron chi connectivity index (χ1n) is 6.60. The van der Waals surface area contributed by atoms with Crippen molar-refractivity contribution < 1.29 is 18.7 Å². The average Bonchev–Trinajstić information content (AvgIpc) is 2.42. The summed E-state index contributed by atoms with van der Waals surface area (Å²) in [6, 6.07) is 3.36. The number of hydrogen-bond acceptors (Lipinski definition) is 3. The zero-order valence-electron chi connectivity index (χ0n) is 11.7. The Labute approximate surface area is 117 Å². The topological polar surface area (TPSA) is 52.6 Å². The third kappa shape index (κ3) is 4.54. The molecule has 0 unspecified atom stereocenters. The number of likely N-dealkylation sites (N-methyl/N-ethyl adjacent to an activating group) is 1. The maximum atomic E-state index is 13.4. The van der Waals surface area contributed by atoms with Crippen LogP contribution in [0.3, 0.4) is 0 Å². The summed E-state index contributed by atoms with van der Waals surface area (Å²) in [5.41, 5.74) is -0.421. The van der Waals surface area contributed by atoms with Gasteiger partial charge in [-0.15, -0.1) is 0 Å². The number of benzene rings is 1. The molecule has 6 heteroatoms. The van der Waals surface area contributed by atoms with E-state index in [1.165, 1.54) is 6.07 Å². The van der Waals surface area contributed by atoms with E-state index < -0.39 is 23.3 Å². The lowest BCUT2D eigenvalue weighted by atomic mass is 10.1. The van der Waals surface area contributed by atoms with Gasteiger partial charge in [0.25, 0.3) is 0 Å². The van der Waals surface area contributed by atoms with Crippen molar-refractivity contribution in [3.8, 4) is 0 Å². The third-order valence-corrected chi connectivity index (χ3v) is 3.09. The van der Waals surface area contributed by atoms with E-state index in [1.54, 1.807) is 0 Å². The van der Waals surface area contributed by atoms with Crippen molar-refractivity contribution in [2.45, 2.75) is 20.0 Å². The van der Waals surface area contributed by atoms with Crippen LogP contribution in [0.4, 0.5) is 8.78 Å². The Morgan fingerprint density at radius 2 is 1.85 bits per heavy atom. The maximum absolute atomic E-state index is 13.4. The molecule has 2 N–H and O–H groups in total. The van der Waals surface area contributed by atoms with Crippen LogP contribution in [-0.4, -0.2) is 42.1 Å². The molecule has 0 spiro atoms. The SMILES string of the molecule is CCN(CC)CC(=O)NC[C@@H](O)c1c(F)cccc1F. The minimum atomic E-state index is -1.41. The highest BCUT2D eigenvalue weighted by Gasteiger charge is 2.18. The second-order valence-corrected chi connectivity index (χ2v) is 4.42. The number of amides is 1. The molecule has 0 fully saturated rings. The Kier molecular flexibility index (Phi) is 6.54. The van der Waals surface area contributed by atoms with Gasteiger partial charge in [-0.25, -0.2) is 8.78 Å². The highest BCUT2D eigenvalue weighted by atomic mass is 19.1. The van der Waals surface area contributed by atoms with Crippen LogP contribution in [0, 0.1) is 11.6 Å². The van der Waals surface area contributed by atoms with Crippen LogP contribution in [0.25, 0.3) is 0 Å². The number of halogens is 2. The fourth-order valence-corrected chi connectivity index (χ4v) is 1.85. The van der Waals surface area contributed by atoms with E-state index in [4.69, 9.17) is 0 Å². The highest BCUT2D eigenvalue weighted by molar-refractivity contribution is 5.78. The lowest BCUT2D eigenvalue weighted by Gasteiger charge is -2.18. The maximum Gasteiger partial charge on any atom is 0.234 e. The van der Waals surface area contributed by atoms with Crippen LogP contribution < -0.4 is 5.32 Å². The molecule has 0 aliphatic carbocycles. The lowest BCUT2D eigenvalue weighted by molar-refractivity contribution is -0.122. The van der Waals surface area contributed by atoms with Crippen molar-refractivity contribution in [3.63, 3.8) is 0 Å². The zero-order chi connectivity index (χ0) is 15.1. The van der Waals surface area contributed by atoms with E-state index in [2.05, 4.69) is 5.32 Å². The van der Waals surface area contributed by atoms with Crippen LogP contribution >= 0.6 is 0 Å². The molecule has 20 heavy (non-hydrogen) atoms. The first-order chi connectivity index (χ1) is 9.49. The van der Waals surface area contributed by atoms with Gasteiger partial charge in [0.15, 0.2) is 0 Å². The van der Waals surface area contributed by atoms with E-state index in [0.29, 0.717) is 0 Å². The van der Waals surface area contributed by atoms with Gasteiger partial charge in [-0.05, 0) is 25.2 Å². The quantitative estimate of drug-likeness (QED) is 0.798. The zero-order valence-corrected chi connectivity index (χ0v) is 11.7. The largest absolute Gasteiger partial charge is 0.386 e. The van der Waals surface area contributed by atoms with E-state index in [-0.39, 0.29) is 19.0 Å². The molecule has 0 saturated carbocycles. The monoisotopic (exact) mass is 286 g/mol. The Bertz CT molecular complexity index is 431. The molecule has 1 aromatic carbocycles. The Morgan fingerprint density at radius 3 is 2.35 bits per heavy atom. The minimum Gasteiger partial charge on any atom is -0.386 e. The fourth-order valence-electron chi connectivity index (χ4n) is 1.85. The molecule has 0 heterocycles. The summed E-state index contributed by atoms with van der Waals surface area (Å²) >= 11 is 0. The molecule has 0 aliphatic rings. The van der Waals surface area contributed by atoms with Gasteiger partial charge in [0, 0.05) is 6.54 Å². The molecule has 1 atom stereocenters. The van der Waals surface area contributed by atoms with Crippen molar-refractivity contribution in [1.82, 2.24) is 10.2 Å². The van der Waals surface area contributed by atoms with Crippen molar-refractivity contribution in [2.24, 2.45) is 0 Å². The second-order valence-electron chi connectivity index (χ2n) is 4.42. The predicted octanol–water partition coefficient (Wildman–Crippen LogP) is 1.46. The van der Waals surface area contributed by atoms with Crippen molar-refractivity contribution in [1.29, 1.82) is 0 Å². The first-order valence-corrected chi connectivity index (χ1v) is 6.60. The summed E-state index contributed by atoms with van der Waals surface area (Å²) in [4.78, 5) is 13.5. The smallest absolute Gasteiger partial charge is 0.234 e. The molecule has 1 amide bonds. The van der Waals surface area contributed by atoms with Gasteiger partial charge in [-0.2, -0.15) is 0 Å². The molecular weight excluding hydrogens is 266 g/mol. The summed E-state index contributed by atoms with van der Waals surface area (Å²) in [6.07, 6.45) is -1.41. The van der Waals surface area contributed by atoms with Crippen LogP contribution in [-0.2, 0) is 4.79 Å². The Hall–Kier alpha value is -1.53. The minimum absolute atomic E-state index is 0.194.